The minimum absolute atomic E-state index is 0.595. The van der Waals surface area contributed by atoms with E-state index in [4.69, 9.17) is 5.73 Å². The third-order valence-electron chi connectivity index (χ3n) is 3.43. The molecule has 0 saturated heterocycles. The molecule has 1 aromatic rings. The van der Waals surface area contributed by atoms with Gasteiger partial charge in [-0.2, -0.15) is 0 Å². The second-order valence-corrected chi connectivity index (χ2v) is 5.09. The van der Waals surface area contributed by atoms with E-state index in [1.165, 1.54) is 11.1 Å². The molecule has 2 nitrogen and oxygen atoms in total. The maximum absolute atomic E-state index is 5.81. The van der Waals surface area contributed by atoms with E-state index in [2.05, 4.69) is 51.8 Å². The molecule has 0 heterocycles. The molecule has 90 valence electrons. The van der Waals surface area contributed by atoms with Crippen molar-refractivity contribution in [3.05, 3.63) is 29.3 Å². The first-order chi connectivity index (χ1) is 7.41. The molecule has 2 heteroatoms. The average Bonchev–Trinajstić information content (AvgIpc) is 2.22. The zero-order chi connectivity index (χ0) is 12.3. The van der Waals surface area contributed by atoms with Crippen LogP contribution in [0.25, 0.3) is 0 Å². The van der Waals surface area contributed by atoms with E-state index >= 15 is 0 Å². The molecule has 0 aliphatic carbocycles. The molecule has 0 fully saturated rings. The monoisotopic (exact) mass is 220 g/mol. The number of hydrogen-bond acceptors (Lipinski definition) is 2. The minimum atomic E-state index is 0.595. The van der Waals surface area contributed by atoms with E-state index in [-0.39, 0.29) is 0 Å². The molecule has 1 aromatic carbocycles. The third-order valence-corrected chi connectivity index (χ3v) is 3.43. The van der Waals surface area contributed by atoms with Gasteiger partial charge in [0.05, 0.1) is 0 Å². The van der Waals surface area contributed by atoms with Gasteiger partial charge in [0, 0.05) is 18.3 Å². The van der Waals surface area contributed by atoms with E-state index in [1.807, 2.05) is 6.07 Å². The summed E-state index contributed by atoms with van der Waals surface area (Å²) in [6, 6.07) is 6.89. The second-order valence-electron chi connectivity index (χ2n) is 5.09. The quantitative estimate of drug-likeness (QED) is 0.790. The van der Waals surface area contributed by atoms with Crippen LogP contribution in [-0.4, -0.2) is 18.0 Å². The minimum Gasteiger partial charge on any atom is -0.399 e. The lowest BCUT2D eigenvalue weighted by Crippen LogP contribution is -2.32. The van der Waals surface area contributed by atoms with Crippen LogP contribution < -0.4 is 5.73 Å². The predicted molar refractivity (Wildman–Crippen MR) is 71.4 cm³/mol. The van der Waals surface area contributed by atoms with Crippen molar-refractivity contribution in [2.24, 2.45) is 5.92 Å². The molecule has 0 spiro atoms. The van der Waals surface area contributed by atoms with Gasteiger partial charge in [-0.25, -0.2) is 0 Å². The largest absolute Gasteiger partial charge is 0.399 e. The highest BCUT2D eigenvalue weighted by Gasteiger charge is 2.13. The van der Waals surface area contributed by atoms with Gasteiger partial charge < -0.3 is 5.73 Å². The first kappa shape index (κ1) is 13.0. The van der Waals surface area contributed by atoms with Gasteiger partial charge in [0.2, 0.25) is 0 Å². The van der Waals surface area contributed by atoms with Gasteiger partial charge >= 0.3 is 0 Å². The molecular formula is C14H24N2. The Balaban J connectivity index is 2.69. The summed E-state index contributed by atoms with van der Waals surface area (Å²) in [6.07, 6.45) is 0. The molecule has 16 heavy (non-hydrogen) atoms. The fraction of sp³-hybridized carbons (Fsp3) is 0.571. The smallest absolute Gasteiger partial charge is 0.0343 e. The van der Waals surface area contributed by atoms with E-state index < -0.39 is 0 Å². The summed E-state index contributed by atoms with van der Waals surface area (Å²) in [5.41, 5.74) is 9.20. The van der Waals surface area contributed by atoms with Gasteiger partial charge in [-0.1, -0.05) is 26.0 Å². The van der Waals surface area contributed by atoms with Crippen molar-refractivity contribution in [2.45, 2.75) is 40.3 Å². The molecule has 0 radical (unpaired) electrons. The van der Waals surface area contributed by atoms with E-state index in [9.17, 15) is 0 Å². The topological polar surface area (TPSA) is 29.3 Å². The van der Waals surface area contributed by atoms with E-state index in [0.29, 0.717) is 12.0 Å². The highest BCUT2D eigenvalue weighted by Crippen LogP contribution is 2.16. The van der Waals surface area contributed by atoms with Gasteiger partial charge in [0.15, 0.2) is 0 Å². The van der Waals surface area contributed by atoms with Crippen LogP contribution in [0.4, 0.5) is 5.69 Å². The number of nitrogen functional groups attached to an aromatic ring is 1. The highest BCUT2D eigenvalue weighted by molar-refractivity contribution is 5.47. The average molecular weight is 220 g/mol. The number of aryl methyl sites for hydroxylation is 1. The van der Waals surface area contributed by atoms with E-state index in [0.717, 1.165) is 12.2 Å². The van der Waals surface area contributed by atoms with Crippen molar-refractivity contribution in [3.63, 3.8) is 0 Å². The van der Waals surface area contributed by atoms with Crippen LogP contribution >= 0.6 is 0 Å². The molecule has 0 aliphatic rings. The number of nitrogens with two attached hydrogens (primary N) is 1. The summed E-state index contributed by atoms with van der Waals surface area (Å²) >= 11 is 0. The fourth-order valence-corrected chi connectivity index (χ4v) is 1.78. The van der Waals surface area contributed by atoms with Crippen LogP contribution in [-0.2, 0) is 6.54 Å². The lowest BCUT2D eigenvalue weighted by Gasteiger charge is -2.28. The summed E-state index contributed by atoms with van der Waals surface area (Å²) in [5, 5.41) is 0. The lowest BCUT2D eigenvalue weighted by atomic mass is 10.0. The molecule has 0 aliphatic heterocycles. The number of benzene rings is 1. The molecule has 0 bridgehead atoms. The summed E-state index contributed by atoms with van der Waals surface area (Å²) in [6.45, 7) is 9.84. The summed E-state index contributed by atoms with van der Waals surface area (Å²) in [5.74, 6) is 0.680. The van der Waals surface area contributed by atoms with Crippen LogP contribution in [0.15, 0.2) is 18.2 Å². The number of rotatable bonds is 4. The van der Waals surface area contributed by atoms with E-state index in [1.54, 1.807) is 0 Å². The highest BCUT2D eigenvalue weighted by atomic mass is 15.1. The van der Waals surface area contributed by atoms with Gasteiger partial charge in [0.1, 0.15) is 0 Å². The van der Waals surface area contributed by atoms with Gasteiger partial charge in [0.25, 0.3) is 0 Å². The van der Waals surface area contributed by atoms with Gasteiger partial charge in [-0.3, -0.25) is 4.90 Å². The van der Waals surface area contributed by atoms with Crippen LogP contribution in [0, 0.1) is 12.8 Å². The maximum Gasteiger partial charge on any atom is 0.0343 e. The zero-order valence-electron chi connectivity index (χ0n) is 11.1. The number of hydrogen-bond donors (Lipinski definition) is 1. The van der Waals surface area contributed by atoms with Crippen LogP contribution in [0.5, 0.6) is 0 Å². The molecule has 2 N–H and O–H groups in total. The molecule has 0 amide bonds. The summed E-state index contributed by atoms with van der Waals surface area (Å²) < 4.78 is 0. The maximum atomic E-state index is 5.81. The zero-order valence-corrected chi connectivity index (χ0v) is 11.1. The molecule has 0 saturated carbocycles. The van der Waals surface area contributed by atoms with Gasteiger partial charge in [-0.05, 0) is 44.0 Å². The first-order valence-corrected chi connectivity index (χ1v) is 5.97. The third kappa shape index (κ3) is 3.24. The number of anilines is 1. The second kappa shape index (κ2) is 5.35. The molecule has 1 atom stereocenters. The Morgan fingerprint density at radius 2 is 1.88 bits per heavy atom. The van der Waals surface area contributed by atoms with Crippen molar-refractivity contribution in [3.8, 4) is 0 Å². The Labute approximate surface area is 99.5 Å². The molecular weight excluding hydrogens is 196 g/mol. The normalized spacial score (nSPS) is 13.4. The van der Waals surface area contributed by atoms with Crippen molar-refractivity contribution in [2.75, 3.05) is 12.8 Å². The fourth-order valence-electron chi connectivity index (χ4n) is 1.78. The molecule has 1 unspecified atom stereocenters. The van der Waals surface area contributed by atoms with Crippen molar-refractivity contribution in [1.82, 2.24) is 4.90 Å². The Bertz CT molecular complexity index is 345. The SMILES string of the molecule is Cc1cc(CN(C)C(C)C(C)C)ccc1N. The van der Waals surface area contributed by atoms with Crippen molar-refractivity contribution in [1.29, 1.82) is 0 Å². The Morgan fingerprint density at radius 1 is 1.25 bits per heavy atom. The Kier molecular flexibility index (Phi) is 4.36. The summed E-state index contributed by atoms with van der Waals surface area (Å²) in [4.78, 5) is 2.38. The van der Waals surface area contributed by atoms with Crippen LogP contribution in [0.1, 0.15) is 31.9 Å². The Hall–Kier alpha value is -1.02. The van der Waals surface area contributed by atoms with Crippen LogP contribution in [0.3, 0.4) is 0 Å². The first-order valence-electron chi connectivity index (χ1n) is 5.97. The molecule has 1 rings (SSSR count). The predicted octanol–water partition coefficient (Wildman–Crippen LogP) is 3.05. The number of nitrogens with zero attached hydrogens (tertiary/aromatic N) is 1. The van der Waals surface area contributed by atoms with Crippen molar-refractivity contribution >= 4 is 5.69 Å². The Morgan fingerprint density at radius 3 is 2.38 bits per heavy atom. The lowest BCUT2D eigenvalue weighted by molar-refractivity contribution is 0.200. The summed E-state index contributed by atoms with van der Waals surface area (Å²) in [7, 11) is 2.18. The van der Waals surface area contributed by atoms with Gasteiger partial charge in [-0.15, -0.1) is 0 Å². The molecule has 0 aromatic heterocycles. The van der Waals surface area contributed by atoms with Crippen molar-refractivity contribution < 1.29 is 0 Å². The van der Waals surface area contributed by atoms with Crippen LogP contribution in [0.2, 0.25) is 0 Å². The standard InChI is InChI=1S/C14H24N2/c1-10(2)12(4)16(5)9-13-6-7-14(15)11(3)8-13/h6-8,10,12H,9,15H2,1-5H3.